The number of anilines is 3. The minimum atomic E-state index is -3.93. The molecule has 1 aliphatic heterocycles. The fourth-order valence-corrected chi connectivity index (χ4v) is 6.71. The van der Waals surface area contributed by atoms with Crippen LogP contribution in [0.4, 0.5) is 17.1 Å². The van der Waals surface area contributed by atoms with Crippen LogP contribution in [-0.4, -0.2) is 49.6 Å². The Morgan fingerprint density at radius 2 is 1.50 bits per heavy atom. The highest BCUT2D eigenvalue weighted by Gasteiger charge is 2.28. The number of nitrogens with one attached hydrogen (secondary N) is 2. The van der Waals surface area contributed by atoms with E-state index in [9.17, 15) is 16.8 Å². The van der Waals surface area contributed by atoms with Crippen molar-refractivity contribution in [2.24, 2.45) is 0 Å². The molecular weight excluding hydrogens is 520 g/mol. The van der Waals surface area contributed by atoms with Gasteiger partial charge in [0, 0.05) is 31.9 Å². The van der Waals surface area contributed by atoms with Gasteiger partial charge in [-0.3, -0.25) is 9.03 Å². The first-order valence-electron chi connectivity index (χ1n) is 11.6. The lowest BCUT2D eigenvalue weighted by Gasteiger charge is -2.29. The lowest BCUT2D eigenvalue weighted by atomic mass is 10.2. The van der Waals surface area contributed by atoms with Gasteiger partial charge in [0.1, 0.15) is 0 Å². The fraction of sp³-hybridized carbons (Fsp3) is 0.280. The molecule has 1 saturated heterocycles. The minimum absolute atomic E-state index is 0. The first kappa shape index (κ1) is 27.8. The van der Waals surface area contributed by atoms with Crippen molar-refractivity contribution in [3.63, 3.8) is 0 Å². The van der Waals surface area contributed by atoms with Crippen LogP contribution < -0.4 is 19.2 Å². The topological polar surface area (TPSA) is 98.8 Å². The van der Waals surface area contributed by atoms with Gasteiger partial charge in [-0.25, -0.2) is 16.8 Å². The second-order valence-corrected chi connectivity index (χ2v) is 11.7. The summed E-state index contributed by atoms with van der Waals surface area (Å²) >= 11 is 0. The van der Waals surface area contributed by atoms with E-state index >= 15 is 0 Å². The van der Waals surface area contributed by atoms with Crippen molar-refractivity contribution in [2.45, 2.75) is 23.1 Å². The average Bonchev–Trinajstić information content (AvgIpc) is 3.16. The summed E-state index contributed by atoms with van der Waals surface area (Å²) in [5.74, 6) is 0. The molecule has 0 amide bonds. The van der Waals surface area contributed by atoms with E-state index in [4.69, 9.17) is 0 Å². The van der Waals surface area contributed by atoms with Crippen molar-refractivity contribution in [2.75, 3.05) is 46.7 Å². The molecule has 0 radical (unpaired) electrons. The highest BCUT2D eigenvalue weighted by atomic mass is 35.5. The third-order valence-electron chi connectivity index (χ3n) is 5.87. The Morgan fingerprint density at radius 1 is 0.861 bits per heavy atom. The van der Waals surface area contributed by atoms with Crippen LogP contribution in [0.15, 0.2) is 88.7 Å². The summed E-state index contributed by atoms with van der Waals surface area (Å²) in [6.07, 6.45) is 0.956. The lowest BCUT2D eigenvalue weighted by Crippen LogP contribution is -2.33. The largest absolute Gasteiger partial charge is 0.370 e. The highest BCUT2D eigenvalue weighted by Crippen LogP contribution is 2.36. The van der Waals surface area contributed by atoms with Gasteiger partial charge in [-0.05, 0) is 62.4 Å². The van der Waals surface area contributed by atoms with E-state index in [1.54, 1.807) is 55.5 Å². The summed E-state index contributed by atoms with van der Waals surface area (Å²) in [6, 6.07) is 21.4. The predicted molar refractivity (Wildman–Crippen MR) is 147 cm³/mol. The Balaban J connectivity index is 0.00000361. The van der Waals surface area contributed by atoms with Crippen LogP contribution in [0.2, 0.25) is 0 Å². The maximum Gasteiger partial charge on any atom is 0.264 e. The number of sulfonamides is 2. The first-order valence-corrected chi connectivity index (χ1v) is 14.5. The van der Waals surface area contributed by atoms with Crippen LogP contribution >= 0.6 is 12.4 Å². The first-order chi connectivity index (χ1) is 16.8. The van der Waals surface area contributed by atoms with Crippen LogP contribution in [0.5, 0.6) is 0 Å². The Kier molecular flexibility index (Phi) is 9.24. The van der Waals surface area contributed by atoms with Gasteiger partial charge in [-0.1, -0.05) is 36.4 Å². The Bertz CT molecular complexity index is 1350. The predicted octanol–water partition coefficient (Wildman–Crippen LogP) is 3.92. The number of rotatable bonds is 8. The molecule has 194 valence electrons. The van der Waals surface area contributed by atoms with Gasteiger partial charge in [-0.2, -0.15) is 0 Å². The van der Waals surface area contributed by atoms with Crippen LogP contribution in [0, 0.1) is 0 Å². The standard InChI is InChI=1S/C25H30N4O4S2.ClH/c1-2-29(35(32,33)23-12-7-4-8-13-23)25-20-21(28-18-9-16-26-17-19-28)14-15-24(25)27-34(30,31)22-10-5-3-6-11-22;/h3-8,10-15,20,26-27H,2,9,16-19H2,1H3;1H. The summed E-state index contributed by atoms with van der Waals surface area (Å²) < 4.78 is 57.4. The van der Waals surface area contributed by atoms with Crippen LogP contribution in [0.1, 0.15) is 13.3 Å². The number of hydrogen-bond donors (Lipinski definition) is 2. The van der Waals surface area contributed by atoms with Gasteiger partial charge in [0.15, 0.2) is 0 Å². The summed E-state index contributed by atoms with van der Waals surface area (Å²) in [7, 11) is -7.86. The van der Waals surface area contributed by atoms with E-state index in [1.165, 1.54) is 28.6 Å². The molecule has 3 aromatic carbocycles. The number of hydrogen-bond acceptors (Lipinski definition) is 6. The van der Waals surface area contributed by atoms with Gasteiger partial charge >= 0.3 is 0 Å². The molecule has 8 nitrogen and oxygen atoms in total. The van der Waals surface area contributed by atoms with Gasteiger partial charge in [0.2, 0.25) is 0 Å². The van der Waals surface area contributed by atoms with Crippen molar-refractivity contribution in [1.29, 1.82) is 0 Å². The second-order valence-electron chi connectivity index (χ2n) is 8.19. The van der Waals surface area contributed by atoms with Crippen molar-refractivity contribution in [1.82, 2.24) is 5.32 Å². The maximum atomic E-state index is 13.6. The SMILES string of the molecule is CCN(c1cc(N2CCCNCC2)ccc1NS(=O)(=O)c1ccccc1)S(=O)(=O)c1ccccc1.Cl. The zero-order valence-corrected chi connectivity index (χ0v) is 22.4. The van der Waals surface area contributed by atoms with E-state index in [0.29, 0.717) is 0 Å². The molecule has 3 aromatic rings. The molecule has 11 heteroatoms. The molecular formula is C25H31ClN4O4S2. The zero-order valence-electron chi connectivity index (χ0n) is 20.0. The molecule has 1 aliphatic rings. The minimum Gasteiger partial charge on any atom is -0.370 e. The maximum absolute atomic E-state index is 13.6. The second kappa shape index (κ2) is 12.0. The molecule has 4 rings (SSSR count). The molecule has 2 N–H and O–H groups in total. The molecule has 0 aliphatic carbocycles. The van der Waals surface area contributed by atoms with E-state index in [1.807, 2.05) is 6.07 Å². The highest BCUT2D eigenvalue weighted by molar-refractivity contribution is 7.93. The van der Waals surface area contributed by atoms with Gasteiger partial charge in [0.05, 0.1) is 21.2 Å². The fourth-order valence-electron chi connectivity index (χ4n) is 4.11. The summed E-state index contributed by atoms with van der Waals surface area (Å²) in [4.78, 5) is 2.42. The third kappa shape index (κ3) is 6.12. The Hall–Kier alpha value is -2.79. The summed E-state index contributed by atoms with van der Waals surface area (Å²) in [5, 5.41) is 3.36. The molecule has 0 aromatic heterocycles. The smallest absolute Gasteiger partial charge is 0.264 e. The monoisotopic (exact) mass is 550 g/mol. The average molecular weight is 551 g/mol. The van der Waals surface area contributed by atoms with Gasteiger partial charge < -0.3 is 10.2 Å². The van der Waals surface area contributed by atoms with E-state index in [2.05, 4.69) is 14.9 Å². The van der Waals surface area contributed by atoms with E-state index in [0.717, 1.165) is 38.3 Å². The molecule has 36 heavy (non-hydrogen) atoms. The van der Waals surface area contributed by atoms with E-state index in [-0.39, 0.29) is 40.1 Å². The Morgan fingerprint density at radius 3 is 2.14 bits per heavy atom. The molecule has 0 unspecified atom stereocenters. The van der Waals surface area contributed by atoms with Crippen molar-refractivity contribution in [3.8, 4) is 0 Å². The molecule has 0 spiro atoms. The number of benzene rings is 3. The van der Waals surface area contributed by atoms with Crippen molar-refractivity contribution < 1.29 is 16.8 Å². The van der Waals surface area contributed by atoms with E-state index < -0.39 is 20.0 Å². The molecule has 0 atom stereocenters. The number of nitrogens with zero attached hydrogens (tertiary/aromatic N) is 2. The Labute approximate surface area is 219 Å². The van der Waals surface area contributed by atoms with Crippen molar-refractivity contribution >= 4 is 49.5 Å². The summed E-state index contributed by atoms with van der Waals surface area (Å²) in [5.41, 5.74) is 1.32. The molecule has 0 saturated carbocycles. The zero-order chi connectivity index (χ0) is 24.9. The van der Waals surface area contributed by atoms with Crippen LogP contribution in [0.3, 0.4) is 0 Å². The quantitative estimate of drug-likeness (QED) is 0.441. The molecule has 1 fully saturated rings. The van der Waals surface area contributed by atoms with Crippen LogP contribution in [-0.2, 0) is 20.0 Å². The lowest BCUT2D eigenvalue weighted by molar-refractivity contribution is 0.591. The normalized spacial score (nSPS) is 14.4. The third-order valence-corrected chi connectivity index (χ3v) is 9.16. The molecule has 1 heterocycles. The summed E-state index contributed by atoms with van der Waals surface area (Å²) in [6.45, 7) is 5.19. The number of halogens is 1. The molecule has 0 bridgehead atoms. The van der Waals surface area contributed by atoms with Crippen LogP contribution in [0.25, 0.3) is 0 Å². The van der Waals surface area contributed by atoms with Gasteiger partial charge in [-0.15, -0.1) is 12.4 Å². The van der Waals surface area contributed by atoms with Crippen molar-refractivity contribution in [3.05, 3.63) is 78.9 Å². The van der Waals surface area contributed by atoms with Gasteiger partial charge in [0.25, 0.3) is 20.0 Å².